The minimum Gasteiger partial charge on any atom is -0.249 e. The first-order valence-corrected chi connectivity index (χ1v) is 3.76. The van der Waals surface area contributed by atoms with E-state index >= 15 is 0 Å². The second kappa shape index (κ2) is 2.59. The molecule has 2 aromatic rings. The van der Waals surface area contributed by atoms with Crippen LogP contribution in [0.2, 0.25) is 0 Å². The highest BCUT2D eigenvalue weighted by Crippen LogP contribution is 2.06. The van der Waals surface area contributed by atoms with Crippen molar-refractivity contribution in [2.24, 2.45) is 0 Å². The molecular formula is C9H7BN2. The number of rotatable bonds is 0. The van der Waals surface area contributed by atoms with E-state index in [1.54, 1.807) is 0 Å². The van der Waals surface area contributed by atoms with E-state index in [2.05, 4.69) is 9.97 Å². The van der Waals surface area contributed by atoms with Crippen molar-refractivity contribution in [2.75, 3.05) is 0 Å². The maximum atomic E-state index is 5.71. The Bertz CT molecular complexity index is 426. The van der Waals surface area contributed by atoms with Crippen LogP contribution in [0.25, 0.3) is 10.9 Å². The molecule has 1 aromatic heterocycles. The van der Waals surface area contributed by atoms with E-state index < -0.39 is 0 Å². The van der Waals surface area contributed by atoms with E-state index in [0.29, 0.717) is 11.4 Å². The van der Waals surface area contributed by atoms with Crippen molar-refractivity contribution in [3.05, 3.63) is 30.1 Å². The molecule has 1 aromatic carbocycles. The molecule has 2 rings (SSSR count). The zero-order valence-corrected chi connectivity index (χ0v) is 6.78. The van der Waals surface area contributed by atoms with Crippen LogP contribution in [0.1, 0.15) is 5.82 Å². The summed E-state index contributed by atoms with van der Waals surface area (Å²) in [6.45, 7) is 1.84. The highest BCUT2D eigenvalue weighted by Gasteiger charge is 1.98. The van der Waals surface area contributed by atoms with Gasteiger partial charge in [-0.05, 0) is 18.6 Å². The monoisotopic (exact) mass is 154 g/mol. The van der Waals surface area contributed by atoms with Gasteiger partial charge in [0.2, 0.25) is 0 Å². The first kappa shape index (κ1) is 7.28. The van der Waals surface area contributed by atoms with Crippen LogP contribution >= 0.6 is 0 Å². The normalized spacial score (nSPS) is 10.4. The van der Waals surface area contributed by atoms with Crippen LogP contribution < -0.4 is 5.59 Å². The number of aryl methyl sites for hydroxylation is 1. The van der Waals surface area contributed by atoms with Crippen LogP contribution in [0.4, 0.5) is 0 Å². The lowest BCUT2D eigenvalue weighted by atomic mass is 9.99. The average Bonchev–Trinajstić information content (AvgIpc) is 2.04. The minimum absolute atomic E-state index is 0.554. The second-order valence-electron chi connectivity index (χ2n) is 2.67. The van der Waals surface area contributed by atoms with Gasteiger partial charge in [-0.3, -0.25) is 0 Å². The Kier molecular flexibility index (Phi) is 1.57. The summed E-state index contributed by atoms with van der Waals surface area (Å²) >= 11 is 0. The topological polar surface area (TPSA) is 25.8 Å². The minimum atomic E-state index is 0.554. The molecule has 0 unspecified atom stereocenters. The number of para-hydroxylation sites is 1. The molecule has 3 heteroatoms. The second-order valence-corrected chi connectivity index (χ2v) is 2.67. The fourth-order valence-electron chi connectivity index (χ4n) is 1.22. The van der Waals surface area contributed by atoms with Gasteiger partial charge in [-0.15, -0.1) is 0 Å². The lowest BCUT2D eigenvalue weighted by Gasteiger charge is -2.01. The molecule has 12 heavy (non-hydrogen) atoms. The van der Waals surface area contributed by atoms with Gasteiger partial charge >= 0.3 is 0 Å². The van der Waals surface area contributed by atoms with Crippen molar-refractivity contribution in [3.8, 4) is 0 Å². The average molecular weight is 154 g/mol. The first-order valence-electron chi connectivity index (χ1n) is 3.76. The van der Waals surface area contributed by atoms with Crippen molar-refractivity contribution in [2.45, 2.75) is 6.92 Å². The van der Waals surface area contributed by atoms with Gasteiger partial charge in [-0.25, -0.2) is 9.97 Å². The Balaban J connectivity index is 2.89. The van der Waals surface area contributed by atoms with Crippen LogP contribution in [-0.4, -0.2) is 17.8 Å². The van der Waals surface area contributed by atoms with Crippen molar-refractivity contribution >= 4 is 24.3 Å². The van der Waals surface area contributed by atoms with Crippen LogP contribution in [0.5, 0.6) is 0 Å². The molecule has 0 N–H and O–H groups in total. The van der Waals surface area contributed by atoms with Crippen LogP contribution in [0.3, 0.4) is 0 Å². The molecule has 0 saturated carbocycles. The molecule has 0 atom stereocenters. The van der Waals surface area contributed by atoms with Gasteiger partial charge in [0, 0.05) is 5.39 Å². The summed E-state index contributed by atoms with van der Waals surface area (Å²) in [7, 11) is 5.71. The van der Waals surface area contributed by atoms with Crippen LogP contribution in [-0.2, 0) is 0 Å². The highest BCUT2D eigenvalue weighted by molar-refractivity contribution is 6.36. The number of aromatic nitrogens is 2. The molecular weight excluding hydrogens is 147 g/mol. The standard InChI is InChI=1S/C9H7BN2/c1-6-11-8-5-3-2-4-7(8)9(10)12-6/h2-5H,1H3. The zero-order chi connectivity index (χ0) is 8.55. The van der Waals surface area contributed by atoms with Gasteiger partial charge in [0.1, 0.15) is 13.7 Å². The Morgan fingerprint density at radius 2 is 1.92 bits per heavy atom. The molecule has 0 aliphatic rings. The molecule has 2 nitrogen and oxygen atoms in total. The lowest BCUT2D eigenvalue weighted by molar-refractivity contribution is 1.11. The van der Waals surface area contributed by atoms with Crippen molar-refractivity contribution in [1.29, 1.82) is 0 Å². The molecule has 56 valence electrons. The Labute approximate surface area is 72.1 Å². The van der Waals surface area contributed by atoms with E-state index in [-0.39, 0.29) is 0 Å². The fraction of sp³-hybridized carbons (Fsp3) is 0.111. The smallest absolute Gasteiger partial charge is 0.142 e. The summed E-state index contributed by atoms with van der Waals surface area (Å²) in [6, 6.07) is 7.72. The third-order valence-electron chi connectivity index (χ3n) is 1.74. The molecule has 0 spiro atoms. The van der Waals surface area contributed by atoms with Gasteiger partial charge in [0.15, 0.2) is 0 Å². The van der Waals surface area contributed by atoms with Crippen LogP contribution in [0, 0.1) is 6.92 Å². The molecule has 1 heterocycles. The van der Waals surface area contributed by atoms with Crippen molar-refractivity contribution in [1.82, 2.24) is 9.97 Å². The molecule has 2 radical (unpaired) electrons. The Hall–Kier alpha value is -1.38. The quantitative estimate of drug-likeness (QED) is 0.522. The van der Waals surface area contributed by atoms with Gasteiger partial charge in [-0.1, -0.05) is 18.2 Å². The zero-order valence-electron chi connectivity index (χ0n) is 6.78. The SMILES string of the molecule is [B]c1nc(C)nc2ccccc12. The molecule has 0 aliphatic heterocycles. The molecule has 0 aliphatic carbocycles. The number of nitrogens with zero attached hydrogens (tertiary/aromatic N) is 2. The first-order chi connectivity index (χ1) is 5.77. The summed E-state index contributed by atoms with van der Waals surface area (Å²) in [5.41, 5.74) is 1.46. The highest BCUT2D eigenvalue weighted by atomic mass is 14.9. The Morgan fingerprint density at radius 1 is 1.17 bits per heavy atom. The lowest BCUT2D eigenvalue weighted by Crippen LogP contribution is -2.12. The predicted octanol–water partition coefficient (Wildman–Crippen LogP) is 0.732. The fourth-order valence-corrected chi connectivity index (χ4v) is 1.22. The third kappa shape index (κ3) is 1.07. The van der Waals surface area contributed by atoms with E-state index in [1.165, 1.54) is 0 Å². The van der Waals surface area contributed by atoms with Gasteiger partial charge < -0.3 is 0 Å². The number of hydrogen-bond acceptors (Lipinski definition) is 2. The van der Waals surface area contributed by atoms with Crippen molar-refractivity contribution in [3.63, 3.8) is 0 Å². The largest absolute Gasteiger partial charge is 0.249 e. The van der Waals surface area contributed by atoms with E-state index in [4.69, 9.17) is 7.85 Å². The van der Waals surface area contributed by atoms with Crippen LogP contribution in [0.15, 0.2) is 24.3 Å². The summed E-state index contributed by atoms with van der Waals surface area (Å²) in [4.78, 5) is 8.31. The van der Waals surface area contributed by atoms with Crippen molar-refractivity contribution < 1.29 is 0 Å². The summed E-state index contributed by atoms with van der Waals surface area (Å²) < 4.78 is 0. The predicted molar refractivity (Wildman–Crippen MR) is 49.7 cm³/mol. The van der Waals surface area contributed by atoms with Gasteiger partial charge in [0.05, 0.1) is 5.52 Å². The summed E-state index contributed by atoms with van der Waals surface area (Å²) in [5.74, 6) is 0.714. The number of benzene rings is 1. The third-order valence-corrected chi connectivity index (χ3v) is 1.74. The molecule has 0 amide bonds. The van der Waals surface area contributed by atoms with E-state index in [0.717, 1.165) is 10.9 Å². The maximum absolute atomic E-state index is 5.71. The molecule has 0 fully saturated rings. The number of fused-ring (bicyclic) bond motifs is 1. The van der Waals surface area contributed by atoms with E-state index in [9.17, 15) is 0 Å². The van der Waals surface area contributed by atoms with Gasteiger partial charge in [-0.2, -0.15) is 0 Å². The molecule has 0 saturated heterocycles. The number of hydrogen-bond donors (Lipinski definition) is 0. The van der Waals surface area contributed by atoms with Gasteiger partial charge in [0.25, 0.3) is 0 Å². The summed E-state index contributed by atoms with van der Waals surface area (Å²) in [6.07, 6.45) is 0. The maximum Gasteiger partial charge on any atom is 0.142 e. The van der Waals surface area contributed by atoms with E-state index in [1.807, 2.05) is 31.2 Å². The Morgan fingerprint density at radius 3 is 2.75 bits per heavy atom. The molecule has 0 bridgehead atoms. The summed E-state index contributed by atoms with van der Waals surface area (Å²) in [5, 5.41) is 0.920.